The minimum Gasteiger partial charge on any atom is -0.497 e. The molecule has 250 valence electrons. The van der Waals surface area contributed by atoms with Gasteiger partial charge in [-0.3, -0.25) is 4.79 Å². The zero-order chi connectivity index (χ0) is 34.0. The Hall–Kier alpha value is -3.98. The van der Waals surface area contributed by atoms with E-state index in [1.54, 1.807) is 37.4 Å². The lowest BCUT2D eigenvalue weighted by Gasteiger charge is -2.40. The number of nitrogens with one attached hydrogen (secondary N) is 1. The third kappa shape index (κ3) is 10.3. The van der Waals surface area contributed by atoms with Crippen molar-refractivity contribution >= 4 is 19.9 Å². The van der Waals surface area contributed by atoms with Crippen LogP contribution in [0.1, 0.15) is 68.9 Å². The topological polar surface area (TPSA) is 77.0 Å². The zero-order valence-electron chi connectivity index (χ0n) is 28.3. The number of para-hydroxylation sites is 1. The van der Waals surface area contributed by atoms with Crippen LogP contribution < -0.4 is 14.8 Å². The first-order chi connectivity index (χ1) is 22.4. The van der Waals surface area contributed by atoms with Gasteiger partial charge in [-0.1, -0.05) is 81.4 Å². The first kappa shape index (κ1) is 35.9. The van der Waals surface area contributed by atoms with Crippen molar-refractivity contribution in [3.63, 3.8) is 0 Å². The van der Waals surface area contributed by atoms with E-state index in [0.29, 0.717) is 42.2 Å². The van der Waals surface area contributed by atoms with Gasteiger partial charge in [0.05, 0.1) is 19.3 Å². The van der Waals surface area contributed by atoms with Crippen LogP contribution in [0.25, 0.3) is 0 Å². The van der Waals surface area contributed by atoms with Crippen LogP contribution in [0.3, 0.4) is 0 Å². The smallest absolute Gasteiger partial charge is 0.224 e. The van der Waals surface area contributed by atoms with E-state index in [1.807, 2.05) is 60.7 Å². The van der Waals surface area contributed by atoms with E-state index in [9.17, 15) is 14.3 Å². The minimum absolute atomic E-state index is 0.0478. The highest BCUT2D eigenvalue weighted by atomic mass is 28.4. The molecule has 0 radical (unpaired) electrons. The first-order valence-electron chi connectivity index (χ1n) is 16.2. The summed E-state index contributed by atoms with van der Waals surface area (Å²) in [6.07, 6.45) is -0.321. The van der Waals surface area contributed by atoms with Crippen molar-refractivity contribution in [2.45, 2.75) is 77.0 Å². The van der Waals surface area contributed by atoms with Crippen LogP contribution in [0.5, 0.6) is 11.5 Å². The molecule has 0 spiro atoms. The van der Waals surface area contributed by atoms with Crippen LogP contribution in [-0.2, 0) is 15.8 Å². The van der Waals surface area contributed by atoms with E-state index in [1.165, 1.54) is 12.1 Å². The highest BCUT2D eigenvalue weighted by molar-refractivity contribution is 6.74. The third-order valence-corrected chi connectivity index (χ3v) is 13.5. The van der Waals surface area contributed by atoms with Gasteiger partial charge < -0.3 is 24.3 Å². The summed E-state index contributed by atoms with van der Waals surface area (Å²) >= 11 is 0. The molecule has 4 aromatic carbocycles. The summed E-state index contributed by atoms with van der Waals surface area (Å²) in [5.41, 5.74) is 3.12. The third-order valence-electron chi connectivity index (χ3n) is 9.01. The van der Waals surface area contributed by atoms with Crippen LogP contribution in [0.2, 0.25) is 18.1 Å². The summed E-state index contributed by atoms with van der Waals surface area (Å²) in [7, 11) is -0.658. The summed E-state index contributed by atoms with van der Waals surface area (Å²) in [4.78, 5) is 13.4. The molecule has 0 bridgehead atoms. The first-order valence-corrected chi connectivity index (χ1v) is 19.1. The number of aliphatic hydroxyl groups excluding tert-OH is 1. The molecule has 1 amide bonds. The van der Waals surface area contributed by atoms with E-state index < -0.39 is 20.3 Å². The molecule has 1 unspecified atom stereocenters. The van der Waals surface area contributed by atoms with Crippen LogP contribution in [-0.4, -0.2) is 26.4 Å². The Labute approximate surface area is 280 Å². The van der Waals surface area contributed by atoms with Gasteiger partial charge in [0.15, 0.2) is 8.32 Å². The van der Waals surface area contributed by atoms with E-state index >= 15 is 0 Å². The number of amides is 1. The molecule has 0 fully saturated rings. The lowest BCUT2D eigenvalue weighted by atomic mass is 9.86. The predicted octanol–water partition coefficient (Wildman–Crippen LogP) is 9.63. The Morgan fingerprint density at radius 1 is 0.894 bits per heavy atom. The molecule has 0 aromatic heterocycles. The standard InChI is InChI=1S/C39H48FNO5Si/c1-39(2,3)47(5,6)46-35(29-17-20-31(40)21-18-29)24-19-30(25-37(42)41-32-15-11-8-12-16-32)38(43)34-23-22-33(44-4)26-36(34)45-27-28-13-9-7-10-14-28/h7-18,20-23,26,30,35,38,43H,19,24-25,27H2,1-6H3,(H,41,42)/t30?,35-,38-/m1/s1. The fraction of sp³-hybridized carbons (Fsp3) is 0.359. The number of rotatable bonds is 15. The molecular formula is C39H48FNO5Si. The minimum atomic E-state index is -2.24. The van der Waals surface area contributed by atoms with Crippen molar-refractivity contribution < 1.29 is 28.2 Å². The molecule has 2 N–H and O–H groups in total. The summed E-state index contributed by atoms with van der Waals surface area (Å²) < 4.78 is 32.6. The maximum atomic E-state index is 13.9. The molecule has 4 rings (SSSR count). The lowest BCUT2D eigenvalue weighted by Crippen LogP contribution is -2.42. The lowest BCUT2D eigenvalue weighted by molar-refractivity contribution is -0.118. The van der Waals surface area contributed by atoms with Crippen molar-refractivity contribution in [1.29, 1.82) is 0 Å². The summed E-state index contributed by atoms with van der Waals surface area (Å²) in [6, 6.07) is 30.9. The number of ether oxygens (including phenoxy) is 2. The van der Waals surface area contributed by atoms with Gasteiger partial charge in [0.25, 0.3) is 0 Å². The predicted molar refractivity (Wildman–Crippen MR) is 189 cm³/mol. The normalized spacial score (nSPS) is 13.8. The molecule has 8 heteroatoms. The van der Waals surface area contributed by atoms with Gasteiger partial charge in [0.1, 0.15) is 23.9 Å². The van der Waals surface area contributed by atoms with Gasteiger partial charge >= 0.3 is 0 Å². The van der Waals surface area contributed by atoms with Gasteiger partial charge in [-0.05, 0) is 84.4 Å². The number of halogens is 1. The van der Waals surface area contributed by atoms with Crippen molar-refractivity contribution in [3.05, 3.63) is 126 Å². The van der Waals surface area contributed by atoms with Gasteiger partial charge in [0.2, 0.25) is 5.91 Å². The number of anilines is 1. The van der Waals surface area contributed by atoms with E-state index in [4.69, 9.17) is 13.9 Å². The molecule has 0 aliphatic carbocycles. The second-order valence-corrected chi connectivity index (χ2v) is 18.3. The molecule has 3 atom stereocenters. The van der Waals surface area contributed by atoms with Crippen LogP contribution in [0, 0.1) is 11.7 Å². The molecule has 6 nitrogen and oxygen atoms in total. The molecule has 0 aliphatic rings. The fourth-order valence-electron chi connectivity index (χ4n) is 5.21. The molecular weight excluding hydrogens is 610 g/mol. The Bertz CT molecular complexity index is 1560. The average Bonchev–Trinajstić information content (AvgIpc) is 3.05. The SMILES string of the molecule is COc1ccc([C@H](O)C(CC[C@@H](O[Si](C)(C)C(C)(C)C)c2ccc(F)cc2)CC(=O)Nc2ccccc2)c(OCc2ccccc2)c1. The Balaban J connectivity index is 1.65. The Morgan fingerprint density at radius 3 is 2.15 bits per heavy atom. The number of methoxy groups -OCH3 is 1. The maximum Gasteiger partial charge on any atom is 0.224 e. The molecule has 0 saturated carbocycles. The second-order valence-electron chi connectivity index (χ2n) is 13.5. The Kier molecular flexibility index (Phi) is 12.4. The van der Waals surface area contributed by atoms with Gasteiger partial charge in [-0.2, -0.15) is 0 Å². The molecule has 4 aromatic rings. The highest BCUT2D eigenvalue weighted by Gasteiger charge is 2.40. The number of hydrogen-bond acceptors (Lipinski definition) is 5. The monoisotopic (exact) mass is 657 g/mol. The highest BCUT2D eigenvalue weighted by Crippen LogP contribution is 2.43. The summed E-state index contributed by atoms with van der Waals surface area (Å²) in [5.74, 6) is 0.0814. The van der Waals surface area contributed by atoms with Crippen molar-refractivity contribution in [1.82, 2.24) is 0 Å². The van der Waals surface area contributed by atoms with Gasteiger partial charge in [0, 0.05) is 23.7 Å². The van der Waals surface area contributed by atoms with E-state index in [-0.39, 0.29) is 29.3 Å². The maximum absolute atomic E-state index is 13.9. The number of carbonyl (C=O) groups is 1. The molecule has 47 heavy (non-hydrogen) atoms. The van der Waals surface area contributed by atoms with Gasteiger partial charge in [-0.25, -0.2) is 4.39 Å². The van der Waals surface area contributed by atoms with E-state index in [0.717, 1.165) is 11.1 Å². The quantitative estimate of drug-likeness (QED) is 0.125. The van der Waals surface area contributed by atoms with Crippen LogP contribution in [0.15, 0.2) is 103 Å². The number of aliphatic hydroxyl groups is 1. The van der Waals surface area contributed by atoms with Gasteiger partial charge in [-0.15, -0.1) is 0 Å². The number of benzene rings is 4. The number of carbonyl (C=O) groups excluding carboxylic acids is 1. The molecule has 0 aliphatic heterocycles. The second kappa shape index (κ2) is 16.2. The van der Waals surface area contributed by atoms with Crippen molar-refractivity contribution in [2.75, 3.05) is 12.4 Å². The van der Waals surface area contributed by atoms with E-state index in [2.05, 4.69) is 39.2 Å². The van der Waals surface area contributed by atoms with Crippen LogP contribution >= 0.6 is 0 Å². The number of hydrogen-bond donors (Lipinski definition) is 2. The summed E-state index contributed by atoms with van der Waals surface area (Å²) in [5, 5.41) is 15.0. The Morgan fingerprint density at radius 2 is 1.53 bits per heavy atom. The molecule has 0 saturated heterocycles. The average molecular weight is 658 g/mol. The van der Waals surface area contributed by atoms with Crippen molar-refractivity contribution in [3.8, 4) is 11.5 Å². The summed E-state index contributed by atoms with van der Waals surface area (Å²) in [6.45, 7) is 11.2. The molecule has 0 heterocycles. The van der Waals surface area contributed by atoms with Crippen molar-refractivity contribution in [2.24, 2.45) is 5.92 Å². The zero-order valence-corrected chi connectivity index (χ0v) is 29.3. The largest absolute Gasteiger partial charge is 0.497 e. The fourth-order valence-corrected chi connectivity index (χ4v) is 6.53. The van der Waals surface area contributed by atoms with Crippen LogP contribution in [0.4, 0.5) is 10.1 Å².